The smallest absolute Gasteiger partial charge is 0.199 e. The number of rotatable bonds is 6. The fourth-order valence-electron chi connectivity index (χ4n) is 3.23. The van der Waals surface area contributed by atoms with Crippen LogP contribution in [-0.2, 0) is 23.6 Å². The van der Waals surface area contributed by atoms with Gasteiger partial charge in [0.1, 0.15) is 0 Å². The quantitative estimate of drug-likeness (QED) is 0.712. The summed E-state index contributed by atoms with van der Waals surface area (Å²) >= 11 is 5.52. The van der Waals surface area contributed by atoms with E-state index in [2.05, 4.69) is 23.8 Å². The van der Waals surface area contributed by atoms with Gasteiger partial charge < -0.3 is 8.98 Å². The zero-order valence-electron chi connectivity index (χ0n) is 14.8. The van der Waals surface area contributed by atoms with E-state index in [1.807, 2.05) is 23.7 Å². The molecule has 0 spiro atoms. The number of hydrogen-bond acceptors (Lipinski definition) is 6. The Balaban J connectivity index is 1.87. The van der Waals surface area contributed by atoms with E-state index in [0.717, 1.165) is 6.54 Å². The van der Waals surface area contributed by atoms with Gasteiger partial charge in [0.05, 0.1) is 24.4 Å². The highest BCUT2D eigenvalue weighted by molar-refractivity contribution is 7.91. The molecule has 0 aromatic carbocycles. The second-order valence-electron chi connectivity index (χ2n) is 7.01. The summed E-state index contributed by atoms with van der Waals surface area (Å²) in [6.45, 7) is 5.53. The molecule has 1 atom stereocenters. The molecule has 1 aliphatic heterocycles. The molecule has 0 saturated carbocycles. The van der Waals surface area contributed by atoms with Crippen molar-refractivity contribution in [2.75, 3.05) is 18.1 Å². The van der Waals surface area contributed by atoms with Crippen LogP contribution in [0.2, 0.25) is 0 Å². The third-order valence-corrected chi connectivity index (χ3v) is 6.66. The molecule has 1 unspecified atom stereocenters. The minimum absolute atomic E-state index is 0.0170. The molecule has 3 rings (SSSR count). The summed E-state index contributed by atoms with van der Waals surface area (Å²) in [7, 11) is -1.08. The molecule has 9 heteroatoms. The van der Waals surface area contributed by atoms with Crippen molar-refractivity contribution in [2.45, 2.75) is 33.0 Å². The number of aromatic nitrogens is 3. The molecule has 2 aromatic rings. The van der Waals surface area contributed by atoms with Crippen LogP contribution in [-0.4, -0.2) is 51.8 Å². The van der Waals surface area contributed by atoms with E-state index in [-0.39, 0.29) is 17.5 Å². The summed E-state index contributed by atoms with van der Waals surface area (Å²) in [5.41, 5.74) is 0. The second kappa shape index (κ2) is 7.05. The zero-order chi connectivity index (χ0) is 18.2. The lowest BCUT2D eigenvalue weighted by molar-refractivity contribution is 0.137. The summed E-state index contributed by atoms with van der Waals surface area (Å²) in [5, 5.41) is 4.60. The van der Waals surface area contributed by atoms with Crippen LogP contribution in [0.5, 0.6) is 0 Å². The van der Waals surface area contributed by atoms with Gasteiger partial charge in [-0.2, -0.15) is 0 Å². The molecule has 0 N–H and O–H groups in total. The molecule has 1 fully saturated rings. The van der Waals surface area contributed by atoms with Crippen molar-refractivity contribution in [1.29, 1.82) is 0 Å². The van der Waals surface area contributed by atoms with Crippen molar-refractivity contribution in [1.82, 2.24) is 19.2 Å². The van der Waals surface area contributed by atoms with Crippen LogP contribution in [0.1, 0.15) is 20.3 Å². The molecule has 0 bridgehead atoms. The van der Waals surface area contributed by atoms with Crippen LogP contribution in [0.3, 0.4) is 0 Å². The number of hydrogen-bond donors (Lipinski definition) is 0. The maximum absolute atomic E-state index is 11.9. The second-order valence-corrected chi connectivity index (χ2v) is 9.60. The van der Waals surface area contributed by atoms with Gasteiger partial charge in [-0.25, -0.2) is 13.1 Å². The molecule has 1 saturated heterocycles. The minimum atomic E-state index is -2.93. The molecule has 0 aliphatic carbocycles. The zero-order valence-corrected chi connectivity index (χ0v) is 16.4. The van der Waals surface area contributed by atoms with Gasteiger partial charge in [0.25, 0.3) is 0 Å². The number of nitrogens with zero attached hydrogens (tertiary/aromatic N) is 4. The van der Waals surface area contributed by atoms with Crippen LogP contribution in [0.15, 0.2) is 22.8 Å². The standard InChI is InChI=1S/C16H24N4O3S2/c1-12(2)9-19(13-6-8-25(21,22)10-13)11-20-16(24)18(3)15(17-20)14-5-4-7-23-14/h4-5,7,12-13H,6,8-11H2,1-3H3. The molecule has 138 valence electrons. The predicted octanol–water partition coefficient (Wildman–Crippen LogP) is 2.31. The maximum atomic E-state index is 11.9. The summed E-state index contributed by atoms with van der Waals surface area (Å²) < 4.78 is 33.3. The Kier molecular flexibility index (Phi) is 5.17. The maximum Gasteiger partial charge on any atom is 0.199 e. The molecule has 25 heavy (non-hydrogen) atoms. The molecule has 2 aromatic heterocycles. The van der Waals surface area contributed by atoms with Gasteiger partial charge in [-0.1, -0.05) is 13.8 Å². The monoisotopic (exact) mass is 384 g/mol. The number of sulfone groups is 1. The lowest BCUT2D eigenvalue weighted by Crippen LogP contribution is -2.40. The van der Waals surface area contributed by atoms with E-state index < -0.39 is 9.84 Å². The van der Waals surface area contributed by atoms with Gasteiger partial charge in [0, 0.05) is 19.6 Å². The van der Waals surface area contributed by atoms with E-state index in [0.29, 0.717) is 35.4 Å². The Hall–Kier alpha value is -1.45. The molecule has 0 amide bonds. The molecular formula is C16H24N4O3S2. The summed E-state index contributed by atoms with van der Waals surface area (Å²) in [6, 6.07) is 3.67. The Labute approximate surface area is 153 Å². The molecule has 1 aliphatic rings. The topological polar surface area (TPSA) is 73.3 Å². The summed E-state index contributed by atoms with van der Waals surface area (Å²) in [5.74, 6) is 2.22. The minimum Gasteiger partial charge on any atom is -0.461 e. The SMILES string of the molecule is CC(C)CN(Cn1nc(-c2ccco2)n(C)c1=S)C1CCS(=O)(=O)C1. The lowest BCUT2D eigenvalue weighted by atomic mass is 10.1. The van der Waals surface area contributed by atoms with E-state index in [4.69, 9.17) is 16.6 Å². The van der Waals surface area contributed by atoms with Gasteiger partial charge >= 0.3 is 0 Å². The van der Waals surface area contributed by atoms with E-state index in [1.54, 1.807) is 10.9 Å². The van der Waals surface area contributed by atoms with Gasteiger partial charge in [-0.05, 0) is 36.7 Å². The third-order valence-electron chi connectivity index (χ3n) is 4.42. The average Bonchev–Trinajstić information content (AvgIpc) is 3.22. The molecular weight excluding hydrogens is 360 g/mol. The fraction of sp³-hybridized carbons (Fsp3) is 0.625. The Morgan fingerprint density at radius 2 is 2.24 bits per heavy atom. The van der Waals surface area contributed by atoms with Crippen LogP contribution < -0.4 is 0 Å². The van der Waals surface area contributed by atoms with Gasteiger partial charge in [-0.3, -0.25) is 4.90 Å². The van der Waals surface area contributed by atoms with E-state index >= 15 is 0 Å². The van der Waals surface area contributed by atoms with E-state index in [1.165, 1.54) is 0 Å². The highest BCUT2D eigenvalue weighted by atomic mass is 32.2. The van der Waals surface area contributed by atoms with Crippen LogP contribution in [0.4, 0.5) is 0 Å². The summed E-state index contributed by atoms with van der Waals surface area (Å²) in [6.07, 6.45) is 2.27. The highest BCUT2D eigenvalue weighted by Crippen LogP contribution is 2.21. The van der Waals surface area contributed by atoms with Gasteiger partial charge in [-0.15, -0.1) is 5.10 Å². The van der Waals surface area contributed by atoms with Crippen LogP contribution in [0.25, 0.3) is 11.6 Å². The largest absolute Gasteiger partial charge is 0.461 e. The first-order valence-electron chi connectivity index (χ1n) is 8.39. The highest BCUT2D eigenvalue weighted by Gasteiger charge is 2.33. The van der Waals surface area contributed by atoms with Crippen molar-refractivity contribution >= 4 is 22.1 Å². The average molecular weight is 385 g/mol. The first kappa shape index (κ1) is 18.3. The van der Waals surface area contributed by atoms with Crippen LogP contribution in [0, 0.1) is 10.7 Å². The molecule has 3 heterocycles. The predicted molar refractivity (Wildman–Crippen MR) is 98.3 cm³/mol. The van der Waals surface area contributed by atoms with Gasteiger partial charge in [0.15, 0.2) is 26.2 Å². The van der Waals surface area contributed by atoms with Crippen molar-refractivity contribution in [3.63, 3.8) is 0 Å². The van der Waals surface area contributed by atoms with Crippen LogP contribution >= 0.6 is 12.2 Å². The fourth-order valence-corrected chi connectivity index (χ4v) is 5.17. The van der Waals surface area contributed by atoms with Crippen molar-refractivity contribution in [3.8, 4) is 11.6 Å². The Morgan fingerprint density at radius 3 is 2.80 bits per heavy atom. The van der Waals surface area contributed by atoms with E-state index in [9.17, 15) is 8.42 Å². The molecule has 0 radical (unpaired) electrons. The first-order chi connectivity index (χ1) is 11.8. The van der Waals surface area contributed by atoms with Crippen molar-refractivity contribution in [3.05, 3.63) is 23.2 Å². The Bertz CT molecular complexity index is 881. The summed E-state index contributed by atoms with van der Waals surface area (Å²) in [4.78, 5) is 2.18. The van der Waals surface area contributed by atoms with Gasteiger partial charge in [0.2, 0.25) is 0 Å². The number of furan rings is 1. The first-order valence-corrected chi connectivity index (χ1v) is 10.6. The third kappa shape index (κ3) is 4.04. The Morgan fingerprint density at radius 1 is 1.48 bits per heavy atom. The van der Waals surface area contributed by atoms with Crippen molar-refractivity contribution in [2.24, 2.45) is 13.0 Å². The lowest BCUT2D eigenvalue weighted by Gasteiger charge is -2.29. The molecule has 7 nitrogen and oxygen atoms in total. The van der Waals surface area contributed by atoms with Crippen molar-refractivity contribution < 1.29 is 12.8 Å². The normalized spacial score (nSPS) is 20.0.